The van der Waals surface area contributed by atoms with Gasteiger partial charge < -0.3 is 14.3 Å². The smallest absolute Gasteiger partial charge is 0.245 e. The minimum Gasteiger partial charge on any atom is -0.508 e. The van der Waals surface area contributed by atoms with E-state index in [1.54, 1.807) is 31.4 Å². The molecule has 0 atom stereocenters. The molecule has 0 aliphatic carbocycles. The van der Waals surface area contributed by atoms with Crippen LogP contribution in [0.4, 0.5) is 5.95 Å². The van der Waals surface area contributed by atoms with Gasteiger partial charge in [-0.05, 0) is 42.5 Å². The molecule has 7 nitrogen and oxygen atoms in total. The average molecular weight is 334 g/mol. The van der Waals surface area contributed by atoms with E-state index in [1.807, 2.05) is 24.3 Å². The molecule has 2 heterocycles. The maximum Gasteiger partial charge on any atom is 0.245 e. The molecule has 124 valence electrons. The molecule has 2 aromatic carbocycles. The molecule has 4 aromatic rings. The van der Waals surface area contributed by atoms with Gasteiger partial charge in [0.05, 0.1) is 12.5 Å². The van der Waals surface area contributed by atoms with E-state index in [0.717, 1.165) is 11.3 Å². The zero-order chi connectivity index (χ0) is 17.2. The van der Waals surface area contributed by atoms with Crippen molar-refractivity contribution in [1.82, 2.24) is 15.2 Å². The Bertz CT molecular complexity index is 1080. The molecule has 2 N–H and O–H groups in total. The van der Waals surface area contributed by atoms with Gasteiger partial charge in [0.2, 0.25) is 5.95 Å². The maximum atomic E-state index is 9.79. The minimum atomic E-state index is 0.133. The summed E-state index contributed by atoms with van der Waals surface area (Å²) in [6, 6.07) is 14.2. The molecule has 0 radical (unpaired) electrons. The van der Waals surface area contributed by atoms with Crippen molar-refractivity contribution in [2.45, 2.75) is 0 Å². The lowest BCUT2D eigenvalue weighted by molar-refractivity contribution is 0.415. The second-order valence-corrected chi connectivity index (χ2v) is 5.33. The van der Waals surface area contributed by atoms with Gasteiger partial charge in [-0.2, -0.15) is 10.1 Å². The van der Waals surface area contributed by atoms with Crippen molar-refractivity contribution in [2.75, 3.05) is 7.11 Å². The number of phenolic OH excluding ortho intramolecular Hbond substituents is 1. The van der Waals surface area contributed by atoms with E-state index >= 15 is 0 Å². The van der Waals surface area contributed by atoms with Crippen LogP contribution >= 0.6 is 0 Å². The number of phenols is 1. The van der Waals surface area contributed by atoms with Crippen LogP contribution < -0.4 is 10.1 Å². The quantitative estimate of drug-likeness (QED) is 0.600. The summed E-state index contributed by atoms with van der Waals surface area (Å²) in [5.74, 6) is 1.91. The molecule has 0 fully saturated rings. The molecule has 0 amide bonds. The number of nitrogens with one attached hydrogen (secondary N) is 1. The van der Waals surface area contributed by atoms with Gasteiger partial charge in [0.25, 0.3) is 0 Å². The van der Waals surface area contributed by atoms with Crippen molar-refractivity contribution in [3.63, 3.8) is 0 Å². The monoisotopic (exact) mass is 334 g/mol. The van der Waals surface area contributed by atoms with Crippen LogP contribution in [0.2, 0.25) is 0 Å². The van der Waals surface area contributed by atoms with Crippen LogP contribution in [0.15, 0.2) is 64.3 Å². The molecule has 0 aliphatic heterocycles. The van der Waals surface area contributed by atoms with Crippen molar-refractivity contribution in [3.05, 3.63) is 60.2 Å². The molecular weight excluding hydrogens is 320 g/mol. The highest BCUT2D eigenvalue weighted by Gasteiger charge is 2.08. The maximum absolute atomic E-state index is 9.79. The second kappa shape index (κ2) is 6.12. The van der Waals surface area contributed by atoms with Crippen LogP contribution in [-0.4, -0.2) is 27.4 Å². The summed E-state index contributed by atoms with van der Waals surface area (Å²) in [4.78, 5) is 8.49. The average Bonchev–Trinajstić information content (AvgIpc) is 3.15. The van der Waals surface area contributed by atoms with Crippen molar-refractivity contribution in [1.29, 1.82) is 0 Å². The zero-order valence-electron chi connectivity index (χ0n) is 13.3. The van der Waals surface area contributed by atoms with E-state index in [2.05, 4.69) is 20.2 Å². The van der Waals surface area contributed by atoms with E-state index in [1.165, 1.54) is 6.33 Å². The standard InChI is InChI=1S/C18H14N4O3/c1-24-13-5-2-11(3-6-13)17-9-15(21-18-19-10-20-22-18)14-8-12(23)4-7-16(14)25-17/h2-10,23H,1H3,(H,19,20,22). The first-order valence-electron chi connectivity index (χ1n) is 7.54. The van der Waals surface area contributed by atoms with E-state index in [9.17, 15) is 5.11 Å². The van der Waals surface area contributed by atoms with Crippen LogP contribution in [-0.2, 0) is 0 Å². The Morgan fingerprint density at radius 1 is 1.12 bits per heavy atom. The van der Waals surface area contributed by atoms with Crippen LogP contribution in [0, 0.1) is 0 Å². The van der Waals surface area contributed by atoms with E-state index in [0.29, 0.717) is 28.0 Å². The lowest BCUT2D eigenvalue weighted by Gasteiger charge is -2.06. The number of rotatable bonds is 3. The van der Waals surface area contributed by atoms with Gasteiger partial charge in [-0.3, -0.25) is 0 Å². The highest BCUT2D eigenvalue weighted by molar-refractivity contribution is 5.80. The first-order valence-corrected chi connectivity index (χ1v) is 7.54. The molecule has 0 saturated heterocycles. The molecular formula is C18H14N4O3. The normalized spacial score (nSPS) is 11.8. The van der Waals surface area contributed by atoms with Crippen molar-refractivity contribution in [2.24, 2.45) is 4.99 Å². The van der Waals surface area contributed by atoms with Gasteiger partial charge in [-0.1, -0.05) is 0 Å². The summed E-state index contributed by atoms with van der Waals surface area (Å²) in [5, 5.41) is 17.6. The summed E-state index contributed by atoms with van der Waals surface area (Å²) in [7, 11) is 1.62. The molecule has 0 saturated carbocycles. The first kappa shape index (κ1) is 14.9. The second-order valence-electron chi connectivity index (χ2n) is 5.33. The van der Waals surface area contributed by atoms with E-state index in [4.69, 9.17) is 9.15 Å². The molecule has 25 heavy (non-hydrogen) atoms. The Morgan fingerprint density at radius 3 is 2.68 bits per heavy atom. The Morgan fingerprint density at radius 2 is 1.96 bits per heavy atom. The van der Waals surface area contributed by atoms with Crippen molar-refractivity contribution in [3.8, 4) is 22.8 Å². The zero-order valence-corrected chi connectivity index (χ0v) is 13.3. The fourth-order valence-corrected chi connectivity index (χ4v) is 2.51. The van der Waals surface area contributed by atoms with Gasteiger partial charge in [0.15, 0.2) is 0 Å². The fraction of sp³-hybridized carbons (Fsp3) is 0.0556. The summed E-state index contributed by atoms with van der Waals surface area (Å²) in [6.07, 6.45) is 1.39. The molecule has 0 bridgehead atoms. The number of ether oxygens (including phenoxy) is 1. The third-order valence-electron chi connectivity index (χ3n) is 3.73. The molecule has 4 rings (SSSR count). The number of methoxy groups -OCH3 is 1. The van der Waals surface area contributed by atoms with Gasteiger partial charge in [0, 0.05) is 17.0 Å². The minimum absolute atomic E-state index is 0.133. The fourth-order valence-electron chi connectivity index (χ4n) is 2.51. The van der Waals surface area contributed by atoms with Gasteiger partial charge in [-0.25, -0.2) is 10.1 Å². The largest absolute Gasteiger partial charge is 0.508 e. The predicted octanol–water partition coefficient (Wildman–Crippen LogP) is 3.16. The number of aromatic nitrogens is 3. The number of hydrogen-bond donors (Lipinski definition) is 2. The van der Waals surface area contributed by atoms with Gasteiger partial charge >= 0.3 is 0 Å². The van der Waals surface area contributed by atoms with Gasteiger partial charge in [0.1, 0.15) is 29.2 Å². The third-order valence-corrected chi connectivity index (χ3v) is 3.73. The summed E-state index contributed by atoms with van der Waals surface area (Å²) in [5.41, 5.74) is 1.48. The van der Waals surface area contributed by atoms with E-state index < -0.39 is 0 Å². The van der Waals surface area contributed by atoms with E-state index in [-0.39, 0.29) is 5.75 Å². The first-order chi connectivity index (χ1) is 12.2. The lowest BCUT2D eigenvalue weighted by atomic mass is 10.1. The predicted molar refractivity (Wildman–Crippen MR) is 91.5 cm³/mol. The van der Waals surface area contributed by atoms with Crippen molar-refractivity contribution < 1.29 is 14.3 Å². The number of hydrogen-bond acceptors (Lipinski definition) is 6. The van der Waals surface area contributed by atoms with Crippen LogP contribution in [0.25, 0.3) is 22.3 Å². The Kier molecular flexibility index (Phi) is 3.66. The topological polar surface area (TPSA) is 96.5 Å². The highest BCUT2D eigenvalue weighted by Crippen LogP contribution is 2.26. The van der Waals surface area contributed by atoms with Crippen LogP contribution in [0.3, 0.4) is 0 Å². The Balaban J connectivity index is 1.96. The molecule has 0 unspecified atom stereocenters. The molecule has 7 heteroatoms. The number of nitrogens with zero attached hydrogens (tertiary/aromatic N) is 3. The number of H-pyrrole nitrogens is 1. The van der Waals surface area contributed by atoms with Gasteiger partial charge in [-0.15, -0.1) is 0 Å². The van der Waals surface area contributed by atoms with Crippen LogP contribution in [0.5, 0.6) is 11.5 Å². The molecule has 2 aromatic heterocycles. The van der Waals surface area contributed by atoms with Crippen LogP contribution in [0.1, 0.15) is 0 Å². The lowest BCUT2D eigenvalue weighted by Crippen LogP contribution is -2.03. The molecule has 0 spiro atoms. The summed E-state index contributed by atoms with van der Waals surface area (Å²) in [6.45, 7) is 0. The highest BCUT2D eigenvalue weighted by atomic mass is 16.5. The Labute approximate surface area is 142 Å². The molecule has 0 aliphatic rings. The number of fused-ring (bicyclic) bond motifs is 1. The Hall–Kier alpha value is -3.61. The van der Waals surface area contributed by atoms with Crippen molar-refractivity contribution >= 4 is 16.9 Å². The number of benzene rings is 2. The third kappa shape index (κ3) is 2.94. The summed E-state index contributed by atoms with van der Waals surface area (Å²) < 4.78 is 11.2. The summed E-state index contributed by atoms with van der Waals surface area (Å²) >= 11 is 0. The number of aromatic hydroxyl groups is 1. The SMILES string of the molecule is COc1ccc(-c2cc(=Nc3ncn[nH]3)c3cc(O)ccc3o2)cc1. The number of aromatic amines is 1.